The SMILES string of the molecule is CCN(C=CC(C)CCCC(C)(C)O)CC. The Morgan fingerprint density at radius 2 is 1.81 bits per heavy atom. The molecule has 0 aromatic heterocycles. The number of hydrogen-bond donors (Lipinski definition) is 1. The largest absolute Gasteiger partial charge is 0.390 e. The smallest absolute Gasteiger partial charge is 0.0591 e. The van der Waals surface area contributed by atoms with Crippen LogP contribution < -0.4 is 0 Å². The number of aliphatic hydroxyl groups is 1. The van der Waals surface area contributed by atoms with E-state index in [2.05, 4.69) is 37.9 Å². The highest BCUT2D eigenvalue weighted by Crippen LogP contribution is 2.16. The van der Waals surface area contributed by atoms with Gasteiger partial charge in [-0.3, -0.25) is 0 Å². The van der Waals surface area contributed by atoms with Gasteiger partial charge in [0, 0.05) is 13.1 Å². The van der Waals surface area contributed by atoms with E-state index < -0.39 is 5.60 Å². The van der Waals surface area contributed by atoms with Gasteiger partial charge in [0.1, 0.15) is 0 Å². The van der Waals surface area contributed by atoms with Gasteiger partial charge in [-0.25, -0.2) is 0 Å². The van der Waals surface area contributed by atoms with Crippen LogP contribution in [-0.2, 0) is 0 Å². The fourth-order valence-electron chi connectivity index (χ4n) is 1.66. The molecule has 0 saturated heterocycles. The molecule has 0 amide bonds. The molecular weight excluding hydrogens is 198 g/mol. The lowest BCUT2D eigenvalue weighted by Gasteiger charge is -2.18. The minimum Gasteiger partial charge on any atom is -0.390 e. The summed E-state index contributed by atoms with van der Waals surface area (Å²) >= 11 is 0. The maximum Gasteiger partial charge on any atom is 0.0591 e. The van der Waals surface area contributed by atoms with Crippen LogP contribution in [0.4, 0.5) is 0 Å². The van der Waals surface area contributed by atoms with E-state index in [9.17, 15) is 5.11 Å². The zero-order valence-electron chi connectivity index (χ0n) is 11.7. The van der Waals surface area contributed by atoms with Crippen LogP contribution in [0.15, 0.2) is 12.3 Å². The van der Waals surface area contributed by atoms with Crippen molar-refractivity contribution >= 4 is 0 Å². The molecule has 1 N–H and O–H groups in total. The van der Waals surface area contributed by atoms with E-state index in [4.69, 9.17) is 0 Å². The van der Waals surface area contributed by atoms with Gasteiger partial charge in [-0.1, -0.05) is 19.4 Å². The molecule has 0 spiro atoms. The lowest BCUT2D eigenvalue weighted by Crippen LogP contribution is -2.18. The molecule has 1 atom stereocenters. The molecule has 16 heavy (non-hydrogen) atoms. The standard InChI is InChI=1S/C14H29NO/c1-6-15(7-2)12-10-13(3)9-8-11-14(4,5)16/h10,12-13,16H,6-9,11H2,1-5H3. The predicted molar refractivity (Wildman–Crippen MR) is 71.4 cm³/mol. The third-order valence-corrected chi connectivity index (χ3v) is 2.89. The molecule has 2 heteroatoms. The molecule has 0 aromatic rings. The highest BCUT2D eigenvalue weighted by molar-refractivity contribution is 4.86. The van der Waals surface area contributed by atoms with Crippen molar-refractivity contribution in [3.8, 4) is 0 Å². The highest BCUT2D eigenvalue weighted by Gasteiger charge is 2.11. The second kappa shape index (κ2) is 7.72. The summed E-state index contributed by atoms with van der Waals surface area (Å²) in [5.74, 6) is 0.600. The molecule has 0 fully saturated rings. The molecule has 0 aliphatic heterocycles. The second-order valence-corrected chi connectivity index (χ2v) is 5.24. The predicted octanol–water partition coefficient (Wildman–Crippen LogP) is 3.42. The van der Waals surface area contributed by atoms with Crippen molar-refractivity contribution < 1.29 is 5.11 Å². The van der Waals surface area contributed by atoms with Crippen molar-refractivity contribution in [3.63, 3.8) is 0 Å². The van der Waals surface area contributed by atoms with Gasteiger partial charge in [0.05, 0.1) is 5.60 Å². The summed E-state index contributed by atoms with van der Waals surface area (Å²) < 4.78 is 0. The van der Waals surface area contributed by atoms with E-state index in [1.807, 2.05) is 13.8 Å². The lowest BCUT2D eigenvalue weighted by atomic mass is 9.97. The molecule has 0 heterocycles. The Balaban J connectivity index is 3.77. The molecule has 0 aromatic carbocycles. The molecule has 1 unspecified atom stereocenters. The van der Waals surface area contributed by atoms with Crippen LogP contribution in [0, 0.1) is 5.92 Å². The molecule has 0 saturated carbocycles. The number of nitrogens with zero attached hydrogens (tertiary/aromatic N) is 1. The quantitative estimate of drug-likeness (QED) is 0.687. The second-order valence-electron chi connectivity index (χ2n) is 5.24. The van der Waals surface area contributed by atoms with Crippen molar-refractivity contribution in [2.45, 2.75) is 59.5 Å². The minimum absolute atomic E-state index is 0.512. The van der Waals surface area contributed by atoms with Crippen LogP contribution in [-0.4, -0.2) is 28.7 Å². The van der Waals surface area contributed by atoms with Crippen LogP contribution in [0.5, 0.6) is 0 Å². The van der Waals surface area contributed by atoms with Crippen molar-refractivity contribution in [1.29, 1.82) is 0 Å². The Labute approximate surface area is 101 Å². The summed E-state index contributed by atoms with van der Waals surface area (Å²) in [5.41, 5.74) is -0.512. The number of allylic oxidation sites excluding steroid dienone is 1. The van der Waals surface area contributed by atoms with Crippen LogP contribution in [0.1, 0.15) is 53.9 Å². The fraction of sp³-hybridized carbons (Fsp3) is 0.857. The Bertz CT molecular complexity index is 189. The Hall–Kier alpha value is -0.500. The topological polar surface area (TPSA) is 23.5 Å². The van der Waals surface area contributed by atoms with Crippen molar-refractivity contribution in [2.24, 2.45) is 5.92 Å². The monoisotopic (exact) mass is 227 g/mol. The lowest BCUT2D eigenvalue weighted by molar-refractivity contribution is 0.0675. The van der Waals surface area contributed by atoms with Crippen LogP contribution in [0.25, 0.3) is 0 Å². The van der Waals surface area contributed by atoms with Crippen LogP contribution in [0.2, 0.25) is 0 Å². The first-order valence-corrected chi connectivity index (χ1v) is 6.53. The van der Waals surface area contributed by atoms with Crippen molar-refractivity contribution in [1.82, 2.24) is 4.90 Å². The van der Waals surface area contributed by atoms with Gasteiger partial charge < -0.3 is 10.0 Å². The zero-order valence-corrected chi connectivity index (χ0v) is 11.7. The summed E-state index contributed by atoms with van der Waals surface area (Å²) in [7, 11) is 0. The molecule has 0 bridgehead atoms. The summed E-state index contributed by atoms with van der Waals surface area (Å²) in [6.45, 7) is 12.5. The Kier molecular flexibility index (Phi) is 7.48. The van der Waals surface area contributed by atoms with Crippen LogP contribution >= 0.6 is 0 Å². The first-order chi connectivity index (χ1) is 7.39. The van der Waals surface area contributed by atoms with Gasteiger partial charge in [-0.05, 0) is 52.7 Å². The van der Waals surface area contributed by atoms with Crippen molar-refractivity contribution in [2.75, 3.05) is 13.1 Å². The molecule has 96 valence electrons. The summed E-state index contributed by atoms with van der Waals surface area (Å²) in [5, 5.41) is 9.60. The van der Waals surface area contributed by atoms with Gasteiger partial charge in [0.2, 0.25) is 0 Å². The van der Waals surface area contributed by atoms with E-state index >= 15 is 0 Å². The first-order valence-electron chi connectivity index (χ1n) is 6.53. The van der Waals surface area contributed by atoms with Gasteiger partial charge in [0.15, 0.2) is 0 Å². The molecule has 0 radical (unpaired) electrons. The average Bonchev–Trinajstić information content (AvgIpc) is 2.17. The maximum atomic E-state index is 9.60. The van der Waals surface area contributed by atoms with Gasteiger partial charge in [-0.2, -0.15) is 0 Å². The first kappa shape index (κ1) is 15.5. The van der Waals surface area contributed by atoms with Gasteiger partial charge >= 0.3 is 0 Å². The van der Waals surface area contributed by atoms with E-state index in [1.165, 1.54) is 0 Å². The highest BCUT2D eigenvalue weighted by atomic mass is 16.3. The van der Waals surface area contributed by atoms with E-state index in [0.29, 0.717) is 5.92 Å². The number of rotatable bonds is 8. The maximum absolute atomic E-state index is 9.60. The minimum atomic E-state index is -0.512. The van der Waals surface area contributed by atoms with E-state index in [1.54, 1.807) is 0 Å². The normalized spacial score (nSPS) is 14.4. The molecule has 0 aliphatic rings. The third kappa shape index (κ3) is 8.78. The summed E-state index contributed by atoms with van der Waals surface area (Å²) in [6, 6.07) is 0. The fourth-order valence-corrected chi connectivity index (χ4v) is 1.66. The molecule has 2 nitrogen and oxygen atoms in total. The Morgan fingerprint density at radius 1 is 1.25 bits per heavy atom. The van der Waals surface area contributed by atoms with Gasteiger partial charge in [0.25, 0.3) is 0 Å². The summed E-state index contributed by atoms with van der Waals surface area (Å²) in [6.07, 6.45) is 7.61. The molecule has 0 rings (SSSR count). The molecule has 0 aliphatic carbocycles. The zero-order chi connectivity index (χ0) is 12.6. The average molecular weight is 227 g/mol. The van der Waals surface area contributed by atoms with Gasteiger partial charge in [-0.15, -0.1) is 0 Å². The summed E-state index contributed by atoms with van der Waals surface area (Å²) in [4.78, 5) is 2.30. The number of hydrogen-bond acceptors (Lipinski definition) is 2. The van der Waals surface area contributed by atoms with E-state index in [-0.39, 0.29) is 0 Å². The Morgan fingerprint density at radius 3 is 2.25 bits per heavy atom. The van der Waals surface area contributed by atoms with Crippen molar-refractivity contribution in [3.05, 3.63) is 12.3 Å². The third-order valence-electron chi connectivity index (χ3n) is 2.89. The molecular formula is C14H29NO. The van der Waals surface area contributed by atoms with Crippen LogP contribution in [0.3, 0.4) is 0 Å². The van der Waals surface area contributed by atoms with E-state index in [0.717, 1.165) is 32.4 Å².